The Bertz CT molecular complexity index is 644. The lowest BCUT2D eigenvalue weighted by Crippen LogP contribution is -2.26. The summed E-state index contributed by atoms with van der Waals surface area (Å²) in [5.74, 6) is 0.244. The first-order valence-electron chi connectivity index (χ1n) is 6.22. The Labute approximate surface area is 119 Å². The molecule has 0 spiro atoms. The predicted molar refractivity (Wildman–Crippen MR) is 69.3 cm³/mol. The molecule has 0 aliphatic rings. The van der Waals surface area contributed by atoms with Crippen molar-refractivity contribution in [2.45, 2.75) is 39.1 Å². The normalized spacial score (nSPS) is 12.7. The fraction of sp³-hybridized carbons (Fsp3) is 0.462. The zero-order valence-electron chi connectivity index (χ0n) is 11.8. The molecular formula is C13H15F3N4O. The molecule has 0 fully saturated rings. The van der Waals surface area contributed by atoms with Crippen molar-refractivity contribution in [1.29, 1.82) is 0 Å². The van der Waals surface area contributed by atoms with Crippen molar-refractivity contribution in [2.24, 2.45) is 0 Å². The third kappa shape index (κ3) is 3.78. The highest BCUT2D eigenvalue weighted by Gasteiger charge is 2.35. The highest BCUT2D eigenvalue weighted by Crippen LogP contribution is 2.35. The van der Waals surface area contributed by atoms with Crippen molar-refractivity contribution in [2.75, 3.05) is 0 Å². The van der Waals surface area contributed by atoms with Gasteiger partial charge in [-0.05, 0) is 20.8 Å². The summed E-state index contributed by atoms with van der Waals surface area (Å²) in [5, 5.41) is 13.7. The molecule has 1 N–H and O–H groups in total. The van der Waals surface area contributed by atoms with Crippen molar-refractivity contribution < 1.29 is 18.3 Å². The van der Waals surface area contributed by atoms with Gasteiger partial charge in [0.2, 0.25) is 0 Å². The number of hydrogen-bond acceptors (Lipinski definition) is 4. The van der Waals surface area contributed by atoms with E-state index in [0.29, 0.717) is 0 Å². The maximum Gasteiger partial charge on any atom is 0.419 e. The van der Waals surface area contributed by atoms with Gasteiger partial charge in [0, 0.05) is 18.0 Å². The summed E-state index contributed by atoms with van der Waals surface area (Å²) in [4.78, 5) is 7.47. The summed E-state index contributed by atoms with van der Waals surface area (Å²) in [6.45, 7) is 4.86. The van der Waals surface area contributed by atoms with Gasteiger partial charge in [-0.15, -0.1) is 0 Å². The minimum atomic E-state index is -4.54. The Hall–Kier alpha value is -1.96. The molecule has 114 valence electrons. The summed E-state index contributed by atoms with van der Waals surface area (Å²) in [6, 6.07) is 0. The minimum absolute atomic E-state index is 0.165. The third-order valence-electron chi connectivity index (χ3n) is 2.67. The standard InChI is InChI=1S/C13H15F3N4O/c1-8-17-5-10(13(14,15)16)11(19-8)9-4-18-20(6-9)7-12(2,3)21/h4-6,21H,7H2,1-3H3. The van der Waals surface area contributed by atoms with E-state index in [1.54, 1.807) is 13.8 Å². The van der Waals surface area contributed by atoms with E-state index in [-0.39, 0.29) is 23.6 Å². The van der Waals surface area contributed by atoms with Gasteiger partial charge in [-0.2, -0.15) is 18.3 Å². The molecule has 0 saturated heterocycles. The fourth-order valence-corrected chi connectivity index (χ4v) is 1.87. The second-order valence-electron chi connectivity index (χ2n) is 5.42. The number of aryl methyl sites for hydroxylation is 1. The fourth-order valence-electron chi connectivity index (χ4n) is 1.87. The van der Waals surface area contributed by atoms with Gasteiger partial charge in [0.25, 0.3) is 0 Å². The Balaban J connectivity index is 2.45. The molecule has 2 heterocycles. The van der Waals surface area contributed by atoms with Crippen LogP contribution < -0.4 is 0 Å². The van der Waals surface area contributed by atoms with Crippen LogP contribution in [-0.4, -0.2) is 30.5 Å². The van der Waals surface area contributed by atoms with Crippen molar-refractivity contribution >= 4 is 0 Å². The molecule has 0 atom stereocenters. The summed E-state index contributed by atoms with van der Waals surface area (Å²) in [7, 11) is 0. The monoisotopic (exact) mass is 300 g/mol. The van der Waals surface area contributed by atoms with Crippen LogP contribution in [-0.2, 0) is 12.7 Å². The lowest BCUT2D eigenvalue weighted by Gasteiger charge is -2.16. The number of halogens is 3. The molecule has 0 aliphatic heterocycles. The van der Waals surface area contributed by atoms with Crippen LogP contribution >= 0.6 is 0 Å². The smallest absolute Gasteiger partial charge is 0.389 e. The summed E-state index contributed by atoms with van der Waals surface area (Å²) >= 11 is 0. The molecule has 0 aromatic carbocycles. The summed E-state index contributed by atoms with van der Waals surface area (Å²) in [5.41, 5.74) is -1.90. The molecule has 5 nitrogen and oxygen atoms in total. The molecule has 0 radical (unpaired) electrons. The highest BCUT2D eigenvalue weighted by atomic mass is 19.4. The Morgan fingerprint density at radius 2 is 1.90 bits per heavy atom. The molecule has 0 amide bonds. The van der Waals surface area contributed by atoms with Crippen molar-refractivity contribution in [3.63, 3.8) is 0 Å². The maximum atomic E-state index is 13.0. The number of aliphatic hydroxyl groups is 1. The summed E-state index contributed by atoms with van der Waals surface area (Å²) in [6.07, 6.45) is -1.05. The van der Waals surface area contributed by atoms with Crippen molar-refractivity contribution in [3.05, 3.63) is 30.0 Å². The van der Waals surface area contributed by atoms with Crippen LogP contribution in [0.5, 0.6) is 0 Å². The topological polar surface area (TPSA) is 63.8 Å². The van der Waals surface area contributed by atoms with Crippen LogP contribution in [0.1, 0.15) is 25.2 Å². The van der Waals surface area contributed by atoms with Crippen molar-refractivity contribution in [3.8, 4) is 11.3 Å². The van der Waals surface area contributed by atoms with E-state index in [4.69, 9.17) is 0 Å². The van der Waals surface area contributed by atoms with Gasteiger partial charge in [0.1, 0.15) is 11.4 Å². The maximum absolute atomic E-state index is 13.0. The van der Waals surface area contributed by atoms with Crippen LogP contribution in [0.4, 0.5) is 13.2 Å². The van der Waals surface area contributed by atoms with Crippen LogP contribution in [0.3, 0.4) is 0 Å². The van der Waals surface area contributed by atoms with Crippen LogP contribution in [0, 0.1) is 6.92 Å². The predicted octanol–water partition coefficient (Wildman–Crippen LogP) is 2.44. The lowest BCUT2D eigenvalue weighted by atomic mass is 10.1. The first-order valence-corrected chi connectivity index (χ1v) is 6.22. The zero-order valence-corrected chi connectivity index (χ0v) is 11.8. The van der Waals surface area contributed by atoms with Gasteiger partial charge in [-0.25, -0.2) is 9.97 Å². The molecule has 2 rings (SSSR count). The average molecular weight is 300 g/mol. The number of hydrogen-bond donors (Lipinski definition) is 1. The molecule has 8 heteroatoms. The second kappa shape index (κ2) is 5.10. The number of alkyl halides is 3. The molecule has 2 aromatic heterocycles. The molecule has 0 saturated carbocycles. The minimum Gasteiger partial charge on any atom is -0.389 e. The molecule has 2 aromatic rings. The van der Waals surface area contributed by atoms with E-state index in [0.717, 1.165) is 6.20 Å². The molecule has 0 aliphatic carbocycles. The van der Waals surface area contributed by atoms with Gasteiger partial charge in [0.15, 0.2) is 0 Å². The van der Waals surface area contributed by atoms with E-state index < -0.39 is 17.3 Å². The van der Waals surface area contributed by atoms with E-state index in [9.17, 15) is 18.3 Å². The molecule has 0 unspecified atom stereocenters. The number of aromatic nitrogens is 4. The van der Waals surface area contributed by atoms with Crippen LogP contribution in [0.2, 0.25) is 0 Å². The van der Waals surface area contributed by atoms with Crippen LogP contribution in [0.15, 0.2) is 18.6 Å². The first-order chi connectivity index (χ1) is 9.56. The number of rotatable bonds is 3. The Morgan fingerprint density at radius 1 is 1.24 bits per heavy atom. The Morgan fingerprint density at radius 3 is 2.48 bits per heavy atom. The zero-order chi connectivity index (χ0) is 15.8. The quantitative estimate of drug-likeness (QED) is 0.945. The van der Waals surface area contributed by atoms with Crippen molar-refractivity contribution in [1.82, 2.24) is 19.7 Å². The van der Waals surface area contributed by atoms with E-state index in [2.05, 4.69) is 15.1 Å². The van der Waals surface area contributed by atoms with Gasteiger partial charge in [-0.3, -0.25) is 4.68 Å². The third-order valence-corrected chi connectivity index (χ3v) is 2.67. The first kappa shape index (κ1) is 15.4. The SMILES string of the molecule is Cc1ncc(C(F)(F)F)c(-c2cnn(CC(C)(C)O)c2)n1. The van der Waals surface area contributed by atoms with E-state index in [1.165, 1.54) is 24.0 Å². The second-order valence-corrected chi connectivity index (χ2v) is 5.42. The van der Waals surface area contributed by atoms with Gasteiger partial charge < -0.3 is 5.11 Å². The van der Waals surface area contributed by atoms with Gasteiger partial charge in [0.05, 0.1) is 24.0 Å². The Kier molecular flexibility index (Phi) is 3.75. The highest BCUT2D eigenvalue weighted by molar-refractivity contribution is 5.61. The average Bonchev–Trinajstić information content (AvgIpc) is 2.73. The van der Waals surface area contributed by atoms with Gasteiger partial charge >= 0.3 is 6.18 Å². The molecule has 21 heavy (non-hydrogen) atoms. The van der Waals surface area contributed by atoms with E-state index in [1.807, 2.05) is 0 Å². The largest absolute Gasteiger partial charge is 0.419 e. The number of nitrogens with zero attached hydrogens (tertiary/aromatic N) is 4. The van der Waals surface area contributed by atoms with E-state index >= 15 is 0 Å². The van der Waals surface area contributed by atoms with Gasteiger partial charge in [-0.1, -0.05) is 0 Å². The molecular weight excluding hydrogens is 285 g/mol. The molecule has 0 bridgehead atoms. The lowest BCUT2D eigenvalue weighted by molar-refractivity contribution is -0.137. The summed E-state index contributed by atoms with van der Waals surface area (Å²) < 4.78 is 40.4. The van der Waals surface area contributed by atoms with Crippen LogP contribution in [0.25, 0.3) is 11.3 Å².